The number of rotatable bonds is 7. The molecule has 0 saturated heterocycles. The Morgan fingerprint density at radius 1 is 1.56 bits per heavy atom. The van der Waals surface area contributed by atoms with Gasteiger partial charge in [0.2, 0.25) is 0 Å². The van der Waals surface area contributed by atoms with Gasteiger partial charge in [0.05, 0.1) is 18.3 Å². The Morgan fingerprint density at radius 3 is 2.94 bits per heavy atom. The molecule has 1 rings (SSSR count). The SMILES string of the molecule is CCN(CCCn1ccnc1)CC(C)C#N. The van der Waals surface area contributed by atoms with E-state index in [1.165, 1.54) is 0 Å². The molecule has 0 saturated carbocycles. The van der Waals surface area contributed by atoms with Crippen LogP contribution in [0.5, 0.6) is 0 Å². The van der Waals surface area contributed by atoms with Gasteiger partial charge < -0.3 is 9.47 Å². The Morgan fingerprint density at radius 2 is 2.38 bits per heavy atom. The highest BCUT2D eigenvalue weighted by molar-refractivity contribution is 4.81. The first-order valence-electron chi connectivity index (χ1n) is 5.84. The average Bonchev–Trinajstić information content (AvgIpc) is 2.80. The second-order valence-electron chi connectivity index (χ2n) is 4.08. The third-order valence-electron chi connectivity index (χ3n) is 2.65. The second kappa shape index (κ2) is 7.02. The molecule has 0 N–H and O–H groups in total. The van der Waals surface area contributed by atoms with Crippen LogP contribution in [0.25, 0.3) is 0 Å². The lowest BCUT2D eigenvalue weighted by Crippen LogP contribution is -2.29. The average molecular weight is 220 g/mol. The quantitative estimate of drug-likeness (QED) is 0.703. The predicted molar refractivity (Wildman–Crippen MR) is 63.7 cm³/mol. The summed E-state index contributed by atoms with van der Waals surface area (Å²) in [6.45, 7) is 8.03. The first-order chi connectivity index (χ1) is 7.76. The fourth-order valence-electron chi connectivity index (χ4n) is 1.70. The molecule has 1 atom stereocenters. The fourth-order valence-corrected chi connectivity index (χ4v) is 1.70. The zero-order chi connectivity index (χ0) is 11.8. The van der Waals surface area contributed by atoms with E-state index < -0.39 is 0 Å². The van der Waals surface area contributed by atoms with Crippen LogP contribution in [0.1, 0.15) is 20.3 Å². The van der Waals surface area contributed by atoms with Crippen LogP contribution in [0, 0.1) is 17.2 Å². The van der Waals surface area contributed by atoms with Crippen molar-refractivity contribution >= 4 is 0 Å². The molecule has 1 heterocycles. The molecule has 0 aliphatic carbocycles. The zero-order valence-corrected chi connectivity index (χ0v) is 10.1. The Kier molecular flexibility index (Phi) is 5.58. The largest absolute Gasteiger partial charge is 0.337 e. The lowest BCUT2D eigenvalue weighted by Gasteiger charge is -2.21. The van der Waals surface area contributed by atoms with Gasteiger partial charge in [-0.3, -0.25) is 0 Å². The molecule has 88 valence electrons. The van der Waals surface area contributed by atoms with Crippen LogP contribution >= 0.6 is 0 Å². The summed E-state index contributed by atoms with van der Waals surface area (Å²) >= 11 is 0. The van der Waals surface area contributed by atoms with Crippen LogP contribution in [-0.4, -0.2) is 34.1 Å². The fraction of sp³-hybridized carbons (Fsp3) is 0.667. The second-order valence-corrected chi connectivity index (χ2v) is 4.08. The molecule has 1 unspecified atom stereocenters. The van der Waals surface area contributed by atoms with Crippen LogP contribution in [-0.2, 0) is 6.54 Å². The van der Waals surface area contributed by atoms with Gasteiger partial charge in [-0.15, -0.1) is 0 Å². The molecule has 0 aliphatic rings. The summed E-state index contributed by atoms with van der Waals surface area (Å²) < 4.78 is 2.08. The number of imidazole rings is 1. The predicted octanol–water partition coefficient (Wildman–Crippen LogP) is 1.75. The van der Waals surface area contributed by atoms with Gasteiger partial charge >= 0.3 is 0 Å². The molecular weight excluding hydrogens is 200 g/mol. The Balaban J connectivity index is 2.21. The van der Waals surface area contributed by atoms with E-state index in [9.17, 15) is 0 Å². The molecular formula is C12H20N4. The minimum atomic E-state index is 0.119. The summed E-state index contributed by atoms with van der Waals surface area (Å²) in [4.78, 5) is 6.33. The monoisotopic (exact) mass is 220 g/mol. The number of nitriles is 1. The highest BCUT2D eigenvalue weighted by Crippen LogP contribution is 2.00. The van der Waals surface area contributed by atoms with Gasteiger partial charge in [0.15, 0.2) is 0 Å². The molecule has 0 bridgehead atoms. The van der Waals surface area contributed by atoms with Gasteiger partial charge in [0.1, 0.15) is 0 Å². The number of hydrogen-bond donors (Lipinski definition) is 0. The third-order valence-corrected chi connectivity index (χ3v) is 2.65. The lowest BCUT2D eigenvalue weighted by atomic mass is 10.2. The number of nitrogens with zero attached hydrogens (tertiary/aromatic N) is 4. The number of aryl methyl sites for hydroxylation is 1. The molecule has 0 spiro atoms. The van der Waals surface area contributed by atoms with Crippen LogP contribution in [0.3, 0.4) is 0 Å². The molecule has 0 aliphatic heterocycles. The van der Waals surface area contributed by atoms with Crippen LogP contribution in [0.2, 0.25) is 0 Å². The molecule has 0 radical (unpaired) electrons. The molecule has 4 nitrogen and oxygen atoms in total. The van der Waals surface area contributed by atoms with Crippen molar-refractivity contribution in [3.8, 4) is 6.07 Å². The Labute approximate surface area is 97.5 Å². The van der Waals surface area contributed by atoms with E-state index in [0.29, 0.717) is 0 Å². The summed E-state index contributed by atoms with van der Waals surface area (Å²) in [5.74, 6) is 0.119. The van der Waals surface area contributed by atoms with E-state index in [2.05, 4.69) is 27.4 Å². The summed E-state index contributed by atoms with van der Waals surface area (Å²) in [6.07, 6.45) is 6.72. The first kappa shape index (κ1) is 12.7. The van der Waals surface area contributed by atoms with Crippen molar-refractivity contribution in [1.29, 1.82) is 5.26 Å². The highest BCUT2D eigenvalue weighted by Gasteiger charge is 2.07. The van der Waals surface area contributed by atoms with Crippen molar-refractivity contribution in [3.63, 3.8) is 0 Å². The van der Waals surface area contributed by atoms with Gasteiger partial charge in [-0.1, -0.05) is 6.92 Å². The highest BCUT2D eigenvalue weighted by atomic mass is 15.1. The van der Waals surface area contributed by atoms with E-state index >= 15 is 0 Å². The van der Waals surface area contributed by atoms with Crippen molar-refractivity contribution in [2.24, 2.45) is 5.92 Å². The van der Waals surface area contributed by atoms with Crippen molar-refractivity contribution in [2.75, 3.05) is 19.6 Å². The zero-order valence-electron chi connectivity index (χ0n) is 10.1. The van der Waals surface area contributed by atoms with Crippen LogP contribution < -0.4 is 0 Å². The summed E-state index contributed by atoms with van der Waals surface area (Å²) in [7, 11) is 0. The maximum absolute atomic E-state index is 8.77. The smallest absolute Gasteiger partial charge is 0.0945 e. The molecule has 0 aromatic carbocycles. The first-order valence-corrected chi connectivity index (χ1v) is 5.84. The van der Waals surface area contributed by atoms with Crippen molar-refractivity contribution in [2.45, 2.75) is 26.8 Å². The molecule has 1 aromatic rings. The van der Waals surface area contributed by atoms with Crippen LogP contribution in [0.15, 0.2) is 18.7 Å². The minimum Gasteiger partial charge on any atom is -0.337 e. The minimum absolute atomic E-state index is 0.119. The van der Waals surface area contributed by atoms with E-state index in [-0.39, 0.29) is 5.92 Å². The standard InChI is InChI=1S/C12H20N4/c1-3-15(10-12(2)9-13)6-4-7-16-8-5-14-11-16/h5,8,11-12H,3-4,6-7,10H2,1-2H3. The summed E-state index contributed by atoms with van der Waals surface area (Å²) in [6, 6.07) is 2.28. The van der Waals surface area contributed by atoms with E-state index in [1.807, 2.05) is 19.4 Å². The van der Waals surface area contributed by atoms with Gasteiger partial charge in [0.25, 0.3) is 0 Å². The third kappa shape index (κ3) is 4.45. The normalized spacial score (nSPS) is 12.6. The Bertz CT molecular complexity index is 312. The summed E-state index contributed by atoms with van der Waals surface area (Å²) in [5, 5.41) is 8.77. The molecule has 1 aromatic heterocycles. The van der Waals surface area contributed by atoms with Crippen molar-refractivity contribution < 1.29 is 0 Å². The molecule has 0 amide bonds. The van der Waals surface area contributed by atoms with E-state index in [4.69, 9.17) is 5.26 Å². The van der Waals surface area contributed by atoms with E-state index in [1.54, 1.807) is 6.20 Å². The maximum atomic E-state index is 8.77. The maximum Gasteiger partial charge on any atom is 0.0945 e. The summed E-state index contributed by atoms with van der Waals surface area (Å²) in [5.41, 5.74) is 0. The van der Waals surface area contributed by atoms with Gasteiger partial charge in [-0.05, 0) is 26.4 Å². The number of hydrogen-bond acceptors (Lipinski definition) is 3. The topological polar surface area (TPSA) is 44.9 Å². The molecule has 16 heavy (non-hydrogen) atoms. The van der Waals surface area contributed by atoms with Crippen molar-refractivity contribution in [1.82, 2.24) is 14.5 Å². The van der Waals surface area contributed by atoms with Gasteiger partial charge in [-0.25, -0.2) is 4.98 Å². The lowest BCUT2D eigenvalue weighted by molar-refractivity contribution is 0.260. The van der Waals surface area contributed by atoms with E-state index in [0.717, 1.165) is 32.6 Å². The van der Waals surface area contributed by atoms with Crippen LogP contribution in [0.4, 0.5) is 0 Å². The Hall–Kier alpha value is -1.34. The van der Waals surface area contributed by atoms with Gasteiger partial charge in [-0.2, -0.15) is 5.26 Å². The molecule has 0 fully saturated rings. The number of aromatic nitrogens is 2. The van der Waals surface area contributed by atoms with Crippen molar-refractivity contribution in [3.05, 3.63) is 18.7 Å². The van der Waals surface area contributed by atoms with Gasteiger partial charge in [0, 0.05) is 25.5 Å². The molecule has 4 heteroatoms.